The first-order valence-electron chi connectivity index (χ1n) is 7.47. The summed E-state index contributed by atoms with van der Waals surface area (Å²) in [4.78, 5) is 2.44. The summed E-state index contributed by atoms with van der Waals surface area (Å²) < 4.78 is 0. The Kier molecular flexibility index (Phi) is 4.19. The third kappa shape index (κ3) is 3.50. The highest BCUT2D eigenvalue weighted by Crippen LogP contribution is 2.37. The lowest BCUT2D eigenvalue weighted by Gasteiger charge is -2.39. The van der Waals surface area contributed by atoms with Crippen LogP contribution in [0.4, 0.5) is 5.69 Å². The van der Waals surface area contributed by atoms with Crippen LogP contribution >= 0.6 is 0 Å². The smallest absolute Gasteiger partial charge is 0.0366 e. The summed E-state index contributed by atoms with van der Waals surface area (Å²) in [5.74, 6) is 0. The second-order valence-electron chi connectivity index (χ2n) is 6.89. The first-order valence-corrected chi connectivity index (χ1v) is 7.47. The summed E-state index contributed by atoms with van der Waals surface area (Å²) in [6.07, 6.45) is 5.27. The van der Waals surface area contributed by atoms with Crippen molar-refractivity contribution in [3.05, 3.63) is 29.8 Å². The van der Waals surface area contributed by atoms with Gasteiger partial charge in [-0.2, -0.15) is 0 Å². The van der Waals surface area contributed by atoms with Crippen LogP contribution in [0.2, 0.25) is 0 Å². The first-order chi connectivity index (χ1) is 8.89. The molecule has 106 valence electrons. The Morgan fingerprint density at radius 1 is 1.16 bits per heavy atom. The van der Waals surface area contributed by atoms with E-state index in [-0.39, 0.29) is 6.04 Å². The van der Waals surface area contributed by atoms with E-state index in [0.717, 1.165) is 0 Å². The van der Waals surface area contributed by atoms with Crippen LogP contribution in [0.5, 0.6) is 0 Å². The molecule has 19 heavy (non-hydrogen) atoms. The number of hydrogen-bond donors (Lipinski definition) is 1. The van der Waals surface area contributed by atoms with Crippen molar-refractivity contribution >= 4 is 5.69 Å². The number of anilines is 1. The van der Waals surface area contributed by atoms with Gasteiger partial charge in [0.15, 0.2) is 0 Å². The van der Waals surface area contributed by atoms with Gasteiger partial charge in [0, 0.05) is 24.8 Å². The Morgan fingerprint density at radius 2 is 1.68 bits per heavy atom. The van der Waals surface area contributed by atoms with E-state index in [1.165, 1.54) is 36.9 Å². The van der Waals surface area contributed by atoms with E-state index >= 15 is 0 Å². The van der Waals surface area contributed by atoms with Gasteiger partial charge in [0.05, 0.1) is 0 Å². The molecule has 1 aliphatic carbocycles. The van der Waals surface area contributed by atoms with Crippen LogP contribution in [0, 0.1) is 5.41 Å². The third-order valence-corrected chi connectivity index (χ3v) is 4.68. The van der Waals surface area contributed by atoms with Crippen molar-refractivity contribution in [2.75, 3.05) is 11.9 Å². The normalized spacial score (nSPS) is 21.1. The van der Waals surface area contributed by atoms with Gasteiger partial charge in [-0.1, -0.05) is 26.0 Å². The minimum Gasteiger partial charge on any atom is -0.372 e. The molecule has 0 radical (unpaired) electrons. The molecule has 0 heterocycles. The maximum Gasteiger partial charge on any atom is 0.0366 e. The van der Waals surface area contributed by atoms with Crippen molar-refractivity contribution in [3.63, 3.8) is 0 Å². The lowest BCUT2D eigenvalue weighted by atomic mass is 9.75. The SMILES string of the molecule is C[C@@H](N)c1ccc(N(C)C2CCC(C)(C)CC2)cc1. The van der Waals surface area contributed by atoms with E-state index in [1.54, 1.807) is 0 Å². The molecule has 1 aliphatic rings. The van der Waals surface area contributed by atoms with Gasteiger partial charge in [-0.05, 0) is 55.7 Å². The third-order valence-electron chi connectivity index (χ3n) is 4.68. The predicted molar refractivity (Wildman–Crippen MR) is 83.5 cm³/mol. The van der Waals surface area contributed by atoms with Crippen LogP contribution in [0.1, 0.15) is 58.1 Å². The van der Waals surface area contributed by atoms with Gasteiger partial charge < -0.3 is 10.6 Å². The summed E-state index contributed by atoms with van der Waals surface area (Å²) in [5, 5.41) is 0. The quantitative estimate of drug-likeness (QED) is 0.886. The minimum absolute atomic E-state index is 0.120. The van der Waals surface area contributed by atoms with Gasteiger partial charge in [-0.3, -0.25) is 0 Å². The molecule has 1 aromatic carbocycles. The lowest BCUT2D eigenvalue weighted by molar-refractivity contribution is 0.222. The average molecular weight is 260 g/mol. The van der Waals surface area contributed by atoms with Gasteiger partial charge in [0.25, 0.3) is 0 Å². The van der Waals surface area contributed by atoms with Gasteiger partial charge in [0.1, 0.15) is 0 Å². The van der Waals surface area contributed by atoms with Crippen LogP contribution in [-0.4, -0.2) is 13.1 Å². The molecule has 0 saturated heterocycles. The highest BCUT2D eigenvalue weighted by molar-refractivity contribution is 5.48. The van der Waals surface area contributed by atoms with E-state index in [0.29, 0.717) is 11.5 Å². The second-order valence-corrected chi connectivity index (χ2v) is 6.89. The lowest BCUT2D eigenvalue weighted by Crippen LogP contribution is -2.37. The van der Waals surface area contributed by atoms with E-state index in [1.807, 2.05) is 6.92 Å². The van der Waals surface area contributed by atoms with E-state index in [2.05, 4.69) is 50.1 Å². The maximum atomic E-state index is 5.90. The monoisotopic (exact) mass is 260 g/mol. The molecule has 2 nitrogen and oxygen atoms in total. The van der Waals surface area contributed by atoms with Crippen molar-refractivity contribution in [2.45, 2.75) is 58.5 Å². The average Bonchev–Trinajstić information content (AvgIpc) is 2.38. The summed E-state index contributed by atoms with van der Waals surface area (Å²) in [5.41, 5.74) is 8.96. The maximum absolute atomic E-state index is 5.90. The molecule has 2 N–H and O–H groups in total. The molecular weight excluding hydrogens is 232 g/mol. The van der Waals surface area contributed by atoms with Crippen LogP contribution in [0.25, 0.3) is 0 Å². The highest BCUT2D eigenvalue weighted by atomic mass is 15.1. The number of hydrogen-bond acceptors (Lipinski definition) is 2. The summed E-state index contributed by atoms with van der Waals surface area (Å²) in [6, 6.07) is 9.53. The van der Waals surface area contributed by atoms with Crippen molar-refractivity contribution in [1.29, 1.82) is 0 Å². The number of nitrogens with zero attached hydrogens (tertiary/aromatic N) is 1. The molecule has 0 aliphatic heterocycles. The second kappa shape index (κ2) is 5.54. The summed E-state index contributed by atoms with van der Waals surface area (Å²) >= 11 is 0. The molecule has 2 rings (SSSR count). The van der Waals surface area contributed by atoms with Crippen molar-refractivity contribution in [2.24, 2.45) is 11.1 Å². The zero-order valence-electron chi connectivity index (χ0n) is 12.8. The minimum atomic E-state index is 0.120. The zero-order chi connectivity index (χ0) is 14.0. The Morgan fingerprint density at radius 3 is 2.16 bits per heavy atom. The Balaban J connectivity index is 2.02. The topological polar surface area (TPSA) is 29.3 Å². The van der Waals surface area contributed by atoms with Gasteiger partial charge >= 0.3 is 0 Å². The fourth-order valence-electron chi connectivity index (χ4n) is 3.00. The van der Waals surface area contributed by atoms with Gasteiger partial charge in [0.2, 0.25) is 0 Å². The molecule has 1 aromatic rings. The van der Waals surface area contributed by atoms with Crippen LogP contribution in [-0.2, 0) is 0 Å². The van der Waals surface area contributed by atoms with Crippen molar-refractivity contribution < 1.29 is 0 Å². The predicted octanol–water partition coefficient (Wildman–Crippen LogP) is 4.11. The molecule has 1 fully saturated rings. The van der Waals surface area contributed by atoms with Crippen LogP contribution in [0.15, 0.2) is 24.3 Å². The molecular formula is C17H28N2. The van der Waals surface area contributed by atoms with E-state index in [4.69, 9.17) is 5.73 Å². The number of nitrogens with two attached hydrogens (primary N) is 1. The Hall–Kier alpha value is -1.02. The number of rotatable bonds is 3. The Bertz CT molecular complexity index is 396. The summed E-state index contributed by atoms with van der Waals surface area (Å²) in [6.45, 7) is 6.81. The molecule has 2 heteroatoms. The summed E-state index contributed by atoms with van der Waals surface area (Å²) in [7, 11) is 2.23. The first kappa shape index (κ1) is 14.4. The highest BCUT2D eigenvalue weighted by Gasteiger charge is 2.28. The molecule has 0 unspecified atom stereocenters. The molecule has 0 bridgehead atoms. The van der Waals surface area contributed by atoms with Crippen LogP contribution in [0.3, 0.4) is 0 Å². The van der Waals surface area contributed by atoms with Gasteiger partial charge in [-0.15, -0.1) is 0 Å². The molecule has 1 saturated carbocycles. The fourth-order valence-corrected chi connectivity index (χ4v) is 3.00. The molecule has 0 aromatic heterocycles. The van der Waals surface area contributed by atoms with Gasteiger partial charge in [-0.25, -0.2) is 0 Å². The Labute approximate surface area is 118 Å². The fraction of sp³-hybridized carbons (Fsp3) is 0.647. The van der Waals surface area contributed by atoms with E-state index in [9.17, 15) is 0 Å². The largest absolute Gasteiger partial charge is 0.372 e. The van der Waals surface area contributed by atoms with Crippen molar-refractivity contribution in [3.8, 4) is 0 Å². The van der Waals surface area contributed by atoms with Crippen molar-refractivity contribution in [1.82, 2.24) is 0 Å². The van der Waals surface area contributed by atoms with E-state index < -0.39 is 0 Å². The molecule has 0 spiro atoms. The molecule has 0 amide bonds. The zero-order valence-corrected chi connectivity index (χ0v) is 12.8. The number of benzene rings is 1. The standard InChI is InChI=1S/C17H28N2/c1-13(18)14-5-7-15(8-6-14)19(4)16-9-11-17(2,3)12-10-16/h5-8,13,16H,9-12,18H2,1-4H3/t13-/m1/s1. The molecule has 1 atom stereocenters. The van der Waals surface area contributed by atoms with Crippen LogP contribution < -0.4 is 10.6 Å².